The molecule has 0 aliphatic heterocycles. The van der Waals surface area contributed by atoms with E-state index in [1.807, 2.05) is 6.20 Å². The Bertz CT molecular complexity index is 1050. The first-order valence-corrected chi connectivity index (χ1v) is 17.2. The first kappa shape index (κ1) is 32.0. The first-order valence-electron chi connectivity index (χ1n) is 17.2. The quantitative estimate of drug-likeness (QED) is 0.236. The third kappa shape index (κ3) is 5.83. The Morgan fingerprint density at radius 2 is 1.90 bits per heavy atom. The van der Waals surface area contributed by atoms with Gasteiger partial charge in [0.1, 0.15) is 12.2 Å². The van der Waals surface area contributed by atoms with Gasteiger partial charge in [-0.1, -0.05) is 53.9 Å². The van der Waals surface area contributed by atoms with Gasteiger partial charge in [-0.2, -0.15) is 0 Å². The molecule has 0 aromatic carbocycles. The second-order valence-corrected chi connectivity index (χ2v) is 15.8. The number of aliphatic hydroxyl groups is 2. The number of aromatic amines is 1. The normalized spacial score (nSPS) is 41.1. The molecule has 4 aliphatic rings. The molecule has 1 aromatic heterocycles. The van der Waals surface area contributed by atoms with Crippen LogP contribution in [-0.4, -0.2) is 56.5 Å². The number of aliphatic hydroxyl groups excluding tert-OH is 1. The molecule has 4 saturated carbocycles. The molecule has 0 amide bonds. The van der Waals surface area contributed by atoms with Gasteiger partial charge in [0, 0.05) is 42.7 Å². The Balaban J connectivity index is 1.37. The van der Waals surface area contributed by atoms with E-state index < -0.39 is 17.7 Å². The Morgan fingerprint density at radius 1 is 1.12 bits per heavy atom. The molecule has 0 bridgehead atoms. The summed E-state index contributed by atoms with van der Waals surface area (Å²) in [5.41, 5.74) is 0.264. The zero-order chi connectivity index (χ0) is 30.3. The van der Waals surface area contributed by atoms with Crippen molar-refractivity contribution in [2.24, 2.45) is 46.3 Å². The molecule has 1 heterocycles. The topological polar surface area (TPSA) is 107 Å². The van der Waals surface area contributed by atoms with Crippen LogP contribution in [0.5, 0.6) is 0 Å². The van der Waals surface area contributed by atoms with Crippen LogP contribution in [0.1, 0.15) is 118 Å². The number of ether oxygens (including phenoxy) is 1. The maximum atomic E-state index is 12.8. The molecule has 11 atom stereocenters. The third-order valence-corrected chi connectivity index (χ3v) is 13.0. The van der Waals surface area contributed by atoms with Gasteiger partial charge in [0.15, 0.2) is 0 Å². The molecule has 7 heteroatoms. The van der Waals surface area contributed by atoms with E-state index in [-0.39, 0.29) is 17.6 Å². The molecule has 7 nitrogen and oxygen atoms in total. The minimum atomic E-state index is -1.15. The smallest absolute Gasteiger partial charge is 0.334 e. The predicted molar refractivity (Wildman–Crippen MR) is 166 cm³/mol. The lowest BCUT2D eigenvalue weighted by Crippen LogP contribution is -2.71. The fourth-order valence-electron chi connectivity index (χ4n) is 10.7. The van der Waals surface area contributed by atoms with Crippen molar-refractivity contribution in [2.45, 2.75) is 142 Å². The summed E-state index contributed by atoms with van der Waals surface area (Å²) in [6.45, 7) is 14.4. The summed E-state index contributed by atoms with van der Waals surface area (Å²) in [6, 6.07) is -0.0652. The maximum absolute atomic E-state index is 12.8. The SMILES string of the molecule is CC(C)CCC[C@@H](C)[C@H]1CC[C@H]2[C@@H]3C[C@@H](NCCc4cnc[nH]4)[C@@]4(O)C[C@@H](OC(=O)C(C)O)CC[C@]4(C)[C@H]3CC[C@]12C. The van der Waals surface area contributed by atoms with Crippen LogP contribution in [0.2, 0.25) is 0 Å². The number of imidazole rings is 1. The van der Waals surface area contributed by atoms with Crippen LogP contribution < -0.4 is 5.32 Å². The molecular formula is C35H59N3O4. The molecule has 1 unspecified atom stereocenters. The van der Waals surface area contributed by atoms with Gasteiger partial charge >= 0.3 is 5.97 Å². The van der Waals surface area contributed by atoms with E-state index in [2.05, 4.69) is 49.9 Å². The van der Waals surface area contributed by atoms with Crippen molar-refractivity contribution in [3.63, 3.8) is 0 Å². The average Bonchev–Trinajstić information content (AvgIpc) is 3.57. The Labute approximate surface area is 254 Å². The van der Waals surface area contributed by atoms with E-state index in [0.29, 0.717) is 29.6 Å². The van der Waals surface area contributed by atoms with Crippen molar-refractivity contribution in [2.75, 3.05) is 6.54 Å². The molecule has 238 valence electrons. The van der Waals surface area contributed by atoms with Gasteiger partial charge in [-0.25, -0.2) is 9.78 Å². The summed E-state index contributed by atoms with van der Waals surface area (Å²) in [6.07, 6.45) is 15.1. The molecule has 42 heavy (non-hydrogen) atoms. The van der Waals surface area contributed by atoms with E-state index in [0.717, 1.165) is 55.7 Å². The summed E-state index contributed by atoms with van der Waals surface area (Å²) in [7, 11) is 0. The van der Waals surface area contributed by atoms with Crippen molar-refractivity contribution < 1.29 is 19.7 Å². The number of nitrogens with zero attached hydrogens (tertiary/aromatic N) is 1. The van der Waals surface area contributed by atoms with Crippen molar-refractivity contribution in [1.29, 1.82) is 0 Å². The Hall–Kier alpha value is -1.44. The molecule has 4 aliphatic carbocycles. The number of H-pyrrole nitrogens is 1. The zero-order valence-electron chi connectivity index (χ0n) is 27.2. The summed E-state index contributed by atoms with van der Waals surface area (Å²) >= 11 is 0. The maximum Gasteiger partial charge on any atom is 0.334 e. The number of fused-ring (bicyclic) bond motifs is 5. The van der Waals surface area contributed by atoms with Crippen LogP contribution in [-0.2, 0) is 16.0 Å². The molecule has 4 N–H and O–H groups in total. The van der Waals surface area contributed by atoms with Crippen LogP contribution in [0.4, 0.5) is 0 Å². The van der Waals surface area contributed by atoms with Crippen LogP contribution in [0.15, 0.2) is 12.5 Å². The van der Waals surface area contributed by atoms with Crippen molar-refractivity contribution in [3.8, 4) is 0 Å². The van der Waals surface area contributed by atoms with Gasteiger partial charge in [-0.05, 0) is 92.8 Å². The van der Waals surface area contributed by atoms with Crippen LogP contribution in [0.3, 0.4) is 0 Å². The zero-order valence-corrected chi connectivity index (χ0v) is 27.2. The molecule has 0 radical (unpaired) electrons. The van der Waals surface area contributed by atoms with Gasteiger partial charge in [-0.15, -0.1) is 0 Å². The summed E-state index contributed by atoms with van der Waals surface area (Å²) < 4.78 is 5.74. The molecule has 4 fully saturated rings. The molecule has 5 rings (SSSR count). The summed E-state index contributed by atoms with van der Waals surface area (Å²) in [5.74, 6) is 3.55. The van der Waals surface area contributed by atoms with Gasteiger partial charge < -0.3 is 25.3 Å². The predicted octanol–water partition coefficient (Wildman–Crippen LogP) is 6.05. The van der Waals surface area contributed by atoms with Crippen molar-refractivity contribution in [3.05, 3.63) is 18.2 Å². The highest BCUT2D eigenvalue weighted by atomic mass is 16.6. The molecular weight excluding hydrogens is 526 g/mol. The summed E-state index contributed by atoms with van der Waals surface area (Å²) in [5, 5.41) is 26.4. The average molecular weight is 586 g/mol. The minimum absolute atomic E-state index is 0.0652. The second kappa shape index (κ2) is 12.5. The Morgan fingerprint density at radius 3 is 2.60 bits per heavy atom. The molecule has 0 spiro atoms. The van der Waals surface area contributed by atoms with E-state index in [9.17, 15) is 15.0 Å². The highest BCUT2D eigenvalue weighted by Gasteiger charge is 2.67. The minimum Gasteiger partial charge on any atom is -0.460 e. The summed E-state index contributed by atoms with van der Waals surface area (Å²) in [4.78, 5) is 19.7. The lowest BCUT2D eigenvalue weighted by molar-refractivity contribution is -0.238. The Kier molecular flexibility index (Phi) is 9.52. The highest BCUT2D eigenvalue weighted by Crippen LogP contribution is 2.69. The highest BCUT2D eigenvalue weighted by molar-refractivity contribution is 5.74. The first-order chi connectivity index (χ1) is 19.9. The monoisotopic (exact) mass is 585 g/mol. The molecule has 0 saturated heterocycles. The number of rotatable bonds is 11. The third-order valence-electron chi connectivity index (χ3n) is 13.0. The largest absolute Gasteiger partial charge is 0.460 e. The lowest BCUT2D eigenvalue weighted by Gasteiger charge is -2.66. The molecule has 1 aromatic rings. The van der Waals surface area contributed by atoms with Crippen LogP contribution >= 0.6 is 0 Å². The van der Waals surface area contributed by atoms with Crippen LogP contribution in [0, 0.1) is 46.3 Å². The second-order valence-electron chi connectivity index (χ2n) is 15.8. The fourth-order valence-corrected chi connectivity index (χ4v) is 10.7. The van der Waals surface area contributed by atoms with Gasteiger partial charge in [0.2, 0.25) is 0 Å². The van der Waals surface area contributed by atoms with Crippen molar-refractivity contribution >= 4 is 5.97 Å². The number of carbonyl (C=O) groups excluding carboxylic acids is 1. The van der Waals surface area contributed by atoms with Gasteiger partial charge in [-0.3, -0.25) is 0 Å². The number of carbonyl (C=O) groups is 1. The standard InChI is InChI=1S/C35H59N3O4/c1-22(2)8-7-9-23(3)28-10-11-29-27-18-31(37-17-14-25-20-36-21-38-25)35(41)19-26(42-32(40)24(4)39)12-16-34(35,6)30(27)13-15-33(28,29)5/h20-24,26-31,37,39,41H,7-19H2,1-6H3,(H,36,38)/t23-,24?,26+,27+,28-,29+,30+,31-,33-,34-,35+/m1/s1. The van der Waals surface area contributed by atoms with E-state index in [1.165, 1.54) is 51.9 Å². The van der Waals surface area contributed by atoms with Gasteiger partial charge in [0.05, 0.1) is 11.9 Å². The lowest BCUT2D eigenvalue weighted by atomic mass is 9.42. The number of aromatic nitrogens is 2. The van der Waals surface area contributed by atoms with E-state index in [1.54, 1.807) is 6.33 Å². The van der Waals surface area contributed by atoms with Crippen LogP contribution in [0.25, 0.3) is 0 Å². The van der Waals surface area contributed by atoms with Crippen molar-refractivity contribution in [1.82, 2.24) is 15.3 Å². The van der Waals surface area contributed by atoms with E-state index in [4.69, 9.17) is 4.74 Å². The number of esters is 1. The number of nitrogens with one attached hydrogen (secondary N) is 2. The van der Waals surface area contributed by atoms with Gasteiger partial charge in [0.25, 0.3) is 0 Å². The van der Waals surface area contributed by atoms with E-state index >= 15 is 0 Å². The number of hydrogen-bond acceptors (Lipinski definition) is 6. The number of hydrogen-bond donors (Lipinski definition) is 4. The fraction of sp³-hybridized carbons (Fsp3) is 0.886.